The van der Waals surface area contributed by atoms with Gasteiger partial charge < -0.3 is 11.6 Å². The number of allylic oxidation sites excluding steroid dienone is 1. The van der Waals surface area contributed by atoms with Crippen molar-refractivity contribution in [1.82, 2.24) is 0 Å². The van der Waals surface area contributed by atoms with Gasteiger partial charge in [0.25, 0.3) is 0 Å². The molecule has 0 radical (unpaired) electrons. The third-order valence-electron chi connectivity index (χ3n) is 0.541. The van der Waals surface area contributed by atoms with Crippen molar-refractivity contribution in [3.05, 3.63) is 11.8 Å². The highest BCUT2D eigenvalue weighted by molar-refractivity contribution is 5.76. The van der Waals surface area contributed by atoms with Gasteiger partial charge in [0.1, 0.15) is 0 Å². The summed E-state index contributed by atoms with van der Waals surface area (Å²) in [5, 5.41) is 3.23. The van der Waals surface area contributed by atoms with E-state index in [4.69, 9.17) is 11.6 Å². The molecule has 0 aliphatic heterocycles. The van der Waals surface area contributed by atoms with Crippen LogP contribution < -0.4 is 11.6 Å². The van der Waals surface area contributed by atoms with Gasteiger partial charge in [-0.05, 0) is 18.7 Å². The summed E-state index contributed by atoms with van der Waals surface area (Å²) in [6.07, 6.45) is 2.93. The average molecular weight is 99.1 g/mol. The molecule has 0 aliphatic rings. The normalized spacial score (nSPS) is 13.0. The molecule has 3 heteroatoms. The number of hydrogen-bond donors (Lipinski definition) is 2. The van der Waals surface area contributed by atoms with Crippen LogP contribution in [0.1, 0.15) is 6.92 Å². The lowest BCUT2D eigenvalue weighted by molar-refractivity contribution is 1.26. The largest absolute Gasteiger partial charge is 0.404 e. The highest BCUT2D eigenvalue weighted by atomic mass is 15.1. The zero-order chi connectivity index (χ0) is 5.70. The van der Waals surface area contributed by atoms with Gasteiger partial charge in [0.2, 0.25) is 0 Å². The van der Waals surface area contributed by atoms with E-state index in [1.807, 2.05) is 6.92 Å². The summed E-state index contributed by atoms with van der Waals surface area (Å²) in [7, 11) is 0. The monoisotopic (exact) mass is 99.1 g/mol. The molecule has 0 amide bonds. The molecule has 0 aromatic carbocycles. The number of hydrogen-bond acceptors (Lipinski definition) is 3. The Labute approximate surface area is 42.7 Å². The minimum absolute atomic E-state index is 0.863. The van der Waals surface area contributed by atoms with E-state index in [0.29, 0.717) is 0 Å². The van der Waals surface area contributed by atoms with Crippen LogP contribution in [0, 0.1) is 0 Å². The highest BCUT2D eigenvalue weighted by Crippen LogP contribution is 1.78. The predicted molar refractivity (Wildman–Crippen MR) is 30.6 cm³/mol. The van der Waals surface area contributed by atoms with Gasteiger partial charge in [-0.3, -0.25) is 0 Å². The number of nitrogens with zero attached hydrogens (tertiary/aromatic N) is 1. The lowest BCUT2D eigenvalue weighted by atomic mass is 10.4. The van der Waals surface area contributed by atoms with Crippen molar-refractivity contribution in [3.63, 3.8) is 0 Å². The molecule has 0 spiro atoms. The third-order valence-corrected chi connectivity index (χ3v) is 0.541. The van der Waals surface area contributed by atoms with Crippen molar-refractivity contribution in [3.8, 4) is 0 Å². The van der Waals surface area contributed by atoms with Crippen LogP contribution >= 0.6 is 0 Å². The molecule has 3 nitrogen and oxygen atoms in total. The molecule has 0 fully saturated rings. The second-order valence-corrected chi connectivity index (χ2v) is 1.19. The van der Waals surface area contributed by atoms with Gasteiger partial charge in [-0.15, -0.1) is 0 Å². The second-order valence-electron chi connectivity index (χ2n) is 1.19. The van der Waals surface area contributed by atoms with Crippen molar-refractivity contribution >= 4 is 6.21 Å². The first-order chi connectivity index (χ1) is 3.31. The SMILES string of the molecule is CC(C=NN)=CN. The molecule has 0 atom stereocenters. The molecule has 7 heavy (non-hydrogen) atoms. The molecule has 0 saturated heterocycles. The van der Waals surface area contributed by atoms with Crippen LogP contribution in [-0.2, 0) is 0 Å². The Balaban J connectivity index is 3.58. The van der Waals surface area contributed by atoms with Crippen molar-refractivity contribution in [2.24, 2.45) is 16.7 Å². The summed E-state index contributed by atoms with van der Waals surface area (Å²) in [6.45, 7) is 1.82. The van der Waals surface area contributed by atoms with E-state index in [1.54, 1.807) is 0 Å². The number of rotatable bonds is 1. The fourth-order valence-electron chi connectivity index (χ4n) is 0.161. The topological polar surface area (TPSA) is 64.4 Å². The van der Waals surface area contributed by atoms with Gasteiger partial charge in [-0.25, -0.2) is 0 Å². The predicted octanol–water partition coefficient (Wildman–Crippen LogP) is -0.207. The van der Waals surface area contributed by atoms with Crippen molar-refractivity contribution < 1.29 is 0 Å². The first-order valence-electron chi connectivity index (χ1n) is 1.93. The van der Waals surface area contributed by atoms with E-state index in [2.05, 4.69) is 5.10 Å². The summed E-state index contributed by atoms with van der Waals surface area (Å²) >= 11 is 0. The fraction of sp³-hybridized carbons (Fsp3) is 0.250. The van der Waals surface area contributed by atoms with Crippen LogP contribution in [0.3, 0.4) is 0 Å². The Kier molecular flexibility index (Phi) is 2.76. The van der Waals surface area contributed by atoms with E-state index in [-0.39, 0.29) is 0 Å². The van der Waals surface area contributed by atoms with Crippen LogP contribution in [0.2, 0.25) is 0 Å². The molecule has 0 unspecified atom stereocenters. The van der Waals surface area contributed by atoms with E-state index >= 15 is 0 Å². The summed E-state index contributed by atoms with van der Waals surface area (Å²) in [4.78, 5) is 0. The van der Waals surface area contributed by atoms with Gasteiger partial charge in [0, 0.05) is 0 Å². The van der Waals surface area contributed by atoms with E-state index in [1.165, 1.54) is 12.4 Å². The first-order valence-corrected chi connectivity index (χ1v) is 1.93. The van der Waals surface area contributed by atoms with Gasteiger partial charge in [-0.2, -0.15) is 5.10 Å². The summed E-state index contributed by atoms with van der Waals surface area (Å²) < 4.78 is 0. The maximum absolute atomic E-state index is 5.05. The van der Waals surface area contributed by atoms with Crippen LogP contribution in [0.5, 0.6) is 0 Å². The quantitative estimate of drug-likeness (QED) is 0.271. The minimum Gasteiger partial charge on any atom is -0.404 e. The molecule has 0 heterocycles. The molecular weight excluding hydrogens is 90.1 g/mol. The van der Waals surface area contributed by atoms with Crippen molar-refractivity contribution in [2.75, 3.05) is 0 Å². The van der Waals surface area contributed by atoms with Crippen LogP contribution in [-0.4, -0.2) is 6.21 Å². The Morgan fingerprint density at radius 2 is 2.29 bits per heavy atom. The molecule has 4 N–H and O–H groups in total. The lowest BCUT2D eigenvalue weighted by Gasteiger charge is -1.80. The standard InChI is InChI=1S/C4H9N3/c1-4(2-5)3-7-6/h2-3H,5-6H2,1H3. The van der Waals surface area contributed by atoms with Crippen LogP contribution in [0.15, 0.2) is 16.9 Å². The molecular formula is C4H9N3. The number of hydrazone groups is 1. The number of nitrogens with two attached hydrogens (primary N) is 2. The third kappa shape index (κ3) is 2.82. The minimum atomic E-state index is 0.863. The first kappa shape index (κ1) is 6.01. The molecule has 0 rings (SSSR count). The Morgan fingerprint density at radius 3 is 2.43 bits per heavy atom. The second kappa shape index (κ2) is 3.21. The lowest BCUT2D eigenvalue weighted by Crippen LogP contribution is -1.88. The van der Waals surface area contributed by atoms with E-state index < -0.39 is 0 Å². The van der Waals surface area contributed by atoms with Gasteiger partial charge in [0.15, 0.2) is 0 Å². The fourth-order valence-corrected chi connectivity index (χ4v) is 0.161. The maximum Gasteiger partial charge on any atom is 0.0509 e. The molecule has 0 aromatic heterocycles. The van der Waals surface area contributed by atoms with Crippen LogP contribution in [0.4, 0.5) is 0 Å². The Bertz CT molecular complexity index is 93.1. The molecule has 0 saturated carbocycles. The van der Waals surface area contributed by atoms with Gasteiger partial charge >= 0.3 is 0 Å². The summed E-state index contributed by atoms with van der Waals surface area (Å²) in [5.74, 6) is 4.78. The van der Waals surface area contributed by atoms with Crippen molar-refractivity contribution in [2.45, 2.75) is 6.92 Å². The molecule has 40 valence electrons. The molecule has 0 aliphatic carbocycles. The van der Waals surface area contributed by atoms with Gasteiger partial charge in [0.05, 0.1) is 6.21 Å². The molecule has 0 bridgehead atoms. The average Bonchev–Trinajstić information content (AvgIpc) is 1.68. The maximum atomic E-state index is 5.05. The van der Waals surface area contributed by atoms with E-state index in [9.17, 15) is 0 Å². The smallest absolute Gasteiger partial charge is 0.0509 e. The van der Waals surface area contributed by atoms with E-state index in [0.717, 1.165) is 5.57 Å². The van der Waals surface area contributed by atoms with Crippen LogP contribution in [0.25, 0.3) is 0 Å². The van der Waals surface area contributed by atoms with Gasteiger partial charge in [-0.1, -0.05) is 0 Å². The molecule has 0 aromatic rings. The van der Waals surface area contributed by atoms with Crippen molar-refractivity contribution in [1.29, 1.82) is 0 Å². The summed E-state index contributed by atoms with van der Waals surface area (Å²) in [6, 6.07) is 0. The zero-order valence-electron chi connectivity index (χ0n) is 4.26. The Morgan fingerprint density at radius 1 is 1.71 bits per heavy atom. The summed E-state index contributed by atoms with van der Waals surface area (Å²) in [5.41, 5.74) is 5.91. The Hall–Kier alpha value is -0.990. The highest BCUT2D eigenvalue weighted by Gasteiger charge is 1.72. The zero-order valence-corrected chi connectivity index (χ0v) is 4.26.